The van der Waals surface area contributed by atoms with Crippen LogP contribution < -0.4 is 4.74 Å². The van der Waals surface area contributed by atoms with Gasteiger partial charge < -0.3 is 4.74 Å². The molecule has 0 radical (unpaired) electrons. The highest BCUT2D eigenvalue weighted by atomic mass is 35.5. The largest absolute Gasteiger partial charge is 0.425 e. The van der Waals surface area contributed by atoms with Crippen molar-refractivity contribution in [2.75, 3.05) is 0 Å². The van der Waals surface area contributed by atoms with Crippen LogP contribution in [-0.4, -0.2) is 9.55 Å². The first-order chi connectivity index (χ1) is 8.08. The van der Waals surface area contributed by atoms with Gasteiger partial charge in [-0.25, -0.2) is 9.37 Å². The number of hydrogen-bond acceptors (Lipinski definition) is 2. The molecular formula is C12H12ClFN2O. The number of aromatic nitrogens is 2. The fraction of sp³-hybridized carbons (Fsp3) is 0.250. The van der Waals surface area contributed by atoms with Gasteiger partial charge in [0.25, 0.3) is 0 Å². The minimum Gasteiger partial charge on any atom is -0.425 e. The van der Waals surface area contributed by atoms with Crippen LogP contribution in [0.1, 0.15) is 19.9 Å². The Kier molecular flexibility index (Phi) is 3.33. The smallest absolute Gasteiger partial charge is 0.303 e. The summed E-state index contributed by atoms with van der Waals surface area (Å²) < 4.78 is 20.0. The van der Waals surface area contributed by atoms with Crippen LogP contribution >= 0.6 is 11.6 Å². The Morgan fingerprint density at radius 1 is 1.29 bits per heavy atom. The maximum Gasteiger partial charge on any atom is 0.303 e. The monoisotopic (exact) mass is 254 g/mol. The summed E-state index contributed by atoms with van der Waals surface area (Å²) in [5, 5.41) is 0.511. The number of ether oxygens (including phenoxy) is 1. The Balaban J connectivity index is 2.27. The van der Waals surface area contributed by atoms with Gasteiger partial charge in [-0.3, -0.25) is 4.57 Å². The zero-order valence-electron chi connectivity index (χ0n) is 9.52. The van der Waals surface area contributed by atoms with Gasteiger partial charge >= 0.3 is 6.01 Å². The summed E-state index contributed by atoms with van der Waals surface area (Å²) in [4.78, 5) is 4.07. The average Bonchev–Trinajstić information content (AvgIpc) is 2.63. The van der Waals surface area contributed by atoms with Crippen LogP contribution in [0.4, 0.5) is 4.39 Å². The van der Waals surface area contributed by atoms with E-state index in [1.54, 1.807) is 16.7 Å². The SMILES string of the molecule is CC(C)n1c(Cl)cnc1Oc1ccc(F)cc1. The normalized spacial score (nSPS) is 10.9. The summed E-state index contributed by atoms with van der Waals surface area (Å²) in [6.07, 6.45) is 1.53. The summed E-state index contributed by atoms with van der Waals surface area (Å²) in [5.74, 6) is 0.221. The van der Waals surface area contributed by atoms with Crippen molar-refractivity contribution in [3.05, 3.63) is 41.4 Å². The van der Waals surface area contributed by atoms with E-state index in [-0.39, 0.29) is 11.9 Å². The van der Waals surface area contributed by atoms with E-state index < -0.39 is 0 Å². The van der Waals surface area contributed by atoms with Crippen molar-refractivity contribution in [2.45, 2.75) is 19.9 Å². The van der Waals surface area contributed by atoms with Crippen LogP contribution in [0.5, 0.6) is 11.8 Å². The lowest BCUT2D eigenvalue weighted by Crippen LogP contribution is -2.03. The first-order valence-electron chi connectivity index (χ1n) is 5.24. The lowest BCUT2D eigenvalue weighted by atomic mass is 10.3. The van der Waals surface area contributed by atoms with E-state index >= 15 is 0 Å². The van der Waals surface area contributed by atoms with Gasteiger partial charge in [-0.05, 0) is 38.1 Å². The van der Waals surface area contributed by atoms with Gasteiger partial charge in [0.1, 0.15) is 16.7 Å². The molecule has 0 aliphatic rings. The minimum absolute atomic E-state index is 0.139. The molecule has 0 aliphatic heterocycles. The van der Waals surface area contributed by atoms with Crippen LogP contribution in [0.3, 0.4) is 0 Å². The molecule has 0 atom stereocenters. The topological polar surface area (TPSA) is 27.1 Å². The second-order valence-corrected chi connectivity index (χ2v) is 4.27. The number of halogens is 2. The van der Waals surface area contributed by atoms with Gasteiger partial charge in [0.05, 0.1) is 6.20 Å². The van der Waals surface area contributed by atoms with Crippen molar-refractivity contribution < 1.29 is 9.13 Å². The van der Waals surface area contributed by atoms with Crippen LogP contribution in [0.15, 0.2) is 30.5 Å². The molecule has 0 saturated heterocycles. The molecule has 1 aromatic heterocycles. The van der Waals surface area contributed by atoms with Gasteiger partial charge in [-0.1, -0.05) is 11.6 Å². The number of rotatable bonds is 3. The average molecular weight is 255 g/mol. The molecule has 17 heavy (non-hydrogen) atoms. The predicted molar refractivity (Wildman–Crippen MR) is 64.1 cm³/mol. The zero-order valence-corrected chi connectivity index (χ0v) is 10.3. The molecule has 90 valence electrons. The van der Waals surface area contributed by atoms with Crippen molar-refractivity contribution >= 4 is 11.6 Å². The van der Waals surface area contributed by atoms with Crippen LogP contribution in [0.2, 0.25) is 5.15 Å². The molecule has 1 aromatic carbocycles. The quantitative estimate of drug-likeness (QED) is 0.826. The molecular weight excluding hydrogens is 243 g/mol. The van der Waals surface area contributed by atoms with E-state index in [1.165, 1.54) is 18.3 Å². The molecule has 0 saturated carbocycles. The number of benzene rings is 1. The first-order valence-corrected chi connectivity index (χ1v) is 5.62. The zero-order chi connectivity index (χ0) is 12.4. The molecule has 0 aliphatic carbocycles. The Morgan fingerprint density at radius 2 is 1.94 bits per heavy atom. The number of hydrogen-bond donors (Lipinski definition) is 0. The summed E-state index contributed by atoms with van der Waals surface area (Å²) >= 11 is 5.99. The van der Waals surface area contributed by atoms with E-state index in [9.17, 15) is 4.39 Å². The fourth-order valence-corrected chi connectivity index (χ4v) is 1.79. The lowest BCUT2D eigenvalue weighted by molar-refractivity contribution is 0.395. The van der Waals surface area contributed by atoms with Gasteiger partial charge in [0.2, 0.25) is 0 Å². The standard InChI is InChI=1S/C12H12ClFN2O/c1-8(2)16-11(13)7-15-12(16)17-10-5-3-9(14)4-6-10/h3-8H,1-2H3. The summed E-state index contributed by atoms with van der Waals surface area (Å²) in [5.41, 5.74) is 0. The first kappa shape index (κ1) is 11.9. The van der Waals surface area contributed by atoms with Gasteiger partial charge in [-0.2, -0.15) is 0 Å². The van der Waals surface area contributed by atoms with Crippen molar-refractivity contribution in [3.63, 3.8) is 0 Å². The highest BCUT2D eigenvalue weighted by Gasteiger charge is 2.13. The highest BCUT2D eigenvalue weighted by molar-refractivity contribution is 6.29. The molecule has 0 unspecified atom stereocenters. The Morgan fingerprint density at radius 3 is 2.53 bits per heavy atom. The Bertz CT molecular complexity index is 508. The van der Waals surface area contributed by atoms with Crippen molar-refractivity contribution in [3.8, 4) is 11.8 Å². The van der Waals surface area contributed by atoms with Gasteiger partial charge in [0, 0.05) is 6.04 Å². The number of nitrogens with zero attached hydrogens (tertiary/aromatic N) is 2. The summed E-state index contributed by atoms with van der Waals surface area (Å²) in [7, 11) is 0. The third-order valence-corrected chi connectivity index (χ3v) is 2.54. The number of imidazole rings is 1. The van der Waals surface area contributed by atoms with Crippen LogP contribution in [0, 0.1) is 5.82 Å². The summed E-state index contributed by atoms with van der Waals surface area (Å²) in [6.45, 7) is 3.95. The Labute approximate surface area is 104 Å². The maximum absolute atomic E-state index is 12.7. The Hall–Kier alpha value is -1.55. The maximum atomic E-state index is 12.7. The third-order valence-electron chi connectivity index (χ3n) is 2.26. The van der Waals surface area contributed by atoms with Gasteiger partial charge in [0.15, 0.2) is 0 Å². The second-order valence-electron chi connectivity index (χ2n) is 3.88. The van der Waals surface area contributed by atoms with Crippen LogP contribution in [0.25, 0.3) is 0 Å². The molecule has 0 amide bonds. The molecule has 0 spiro atoms. The molecule has 1 heterocycles. The van der Waals surface area contributed by atoms with Gasteiger partial charge in [-0.15, -0.1) is 0 Å². The van der Waals surface area contributed by atoms with E-state index in [4.69, 9.17) is 16.3 Å². The molecule has 5 heteroatoms. The predicted octanol–water partition coefficient (Wildman–Crippen LogP) is 4.05. The van der Waals surface area contributed by atoms with Crippen LogP contribution in [-0.2, 0) is 0 Å². The summed E-state index contributed by atoms with van der Waals surface area (Å²) in [6, 6.07) is 6.29. The van der Waals surface area contributed by atoms with E-state index in [1.807, 2.05) is 13.8 Å². The van der Waals surface area contributed by atoms with E-state index in [2.05, 4.69) is 4.98 Å². The van der Waals surface area contributed by atoms with Crippen molar-refractivity contribution in [2.24, 2.45) is 0 Å². The third kappa shape index (κ3) is 2.58. The van der Waals surface area contributed by atoms with Crippen molar-refractivity contribution in [1.82, 2.24) is 9.55 Å². The minimum atomic E-state index is -0.303. The fourth-order valence-electron chi connectivity index (χ4n) is 1.48. The highest BCUT2D eigenvalue weighted by Crippen LogP contribution is 2.27. The molecule has 0 bridgehead atoms. The van der Waals surface area contributed by atoms with Crippen molar-refractivity contribution in [1.29, 1.82) is 0 Å². The van der Waals surface area contributed by atoms with E-state index in [0.29, 0.717) is 16.9 Å². The second kappa shape index (κ2) is 4.75. The molecule has 2 aromatic rings. The molecule has 3 nitrogen and oxygen atoms in total. The lowest BCUT2D eigenvalue weighted by Gasteiger charge is -2.12. The molecule has 0 N–H and O–H groups in total. The van der Waals surface area contributed by atoms with E-state index in [0.717, 1.165) is 0 Å². The molecule has 0 fully saturated rings. The molecule has 2 rings (SSSR count).